The van der Waals surface area contributed by atoms with Crippen molar-refractivity contribution in [1.29, 1.82) is 0 Å². The standard InChI is InChI=1S/C17H17N3O4S2/c21-25(22)16-9-5-4-8-15(16)17(18-25)19-10-12-20(13-11-19)26(23,24)14-6-2-1-3-7-14/h1-9H,10-13H2. The van der Waals surface area contributed by atoms with Crippen molar-refractivity contribution in [2.45, 2.75) is 9.79 Å². The maximum Gasteiger partial charge on any atom is 0.285 e. The van der Waals surface area contributed by atoms with Gasteiger partial charge in [-0.25, -0.2) is 8.42 Å². The zero-order valence-electron chi connectivity index (χ0n) is 13.8. The van der Waals surface area contributed by atoms with Crippen molar-refractivity contribution in [2.24, 2.45) is 4.40 Å². The van der Waals surface area contributed by atoms with Crippen LogP contribution in [0, 0.1) is 0 Å². The zero-order valence-corrected chi connectivity index (χ0v) is 15.4. The summed E-state index contributed by atoms with van der Waals surface area (Å²) >= 11 is 0. The summed E-state index contributed by atoms with van der Waals surface area (Å²) in [7, 11) is -7.22. The lowest BCUT2D eigenvalue weighted by Crippen LogP contribution is -2.50. The highest BCUT2D eigenvalue weighted by Gasteiger charge is 2.35. The maximum absolute atomic E-state index is 12.7. The van der Waals surface area contributed by atoms with Gasteiger partial charge in [0.2, 0.25) is 10.0 Å². The van der Waals surface area contributed by atoms with E-state index < -0.39 is 20.0 Å². The van der Waals surface area contributed by atoms with E-state index in [0.29, 0.717) is 24.5 Å². The van der Waals surface area contributed by atoms with Crippen LogP contribution in [0.15, 0.2) is 68.8 Å². The average Bonchev–Trinajstić information content (AvgIpc) is 2.94. The van der Waals surface area contributed by atoms with Gasteiger partial charge in [-0.15, -0.1) is 4.40 Å². The zero-order chi connectivity index (χ0) is 18.4. The number of hydrogen-bond acceptors (Lipinski definition) is 5. The van der Waals surface area contributed by atoms with Crippen LogP contribution >= 0.6 is 0 Å². The number of piperazine rings is 1. The lowest BCUT2D eigenvalue weighted by atomic mass is 10.2. The normalized spacial score (nSPS) is 19.8. The lowest BCUT2D eigenvalue weighted by molar-refractivity contribution is 0.266. The van der Waals surface area contributed by atoms with Crippen molar-refractivity contribution < 1.29 is 16.8 Å². The minimum atomic E-state index is -3.67. The number of rotatable bonds is 2. The first kappa shape index (κ1) is 17.2. The molecule has 0 unspecified atom stereocenters. The molecule has 0 N–H and O–H groups in total. The van der Waals surface area contributed by atoms with E-state index in [0.717, 1.165) is 0 Å². The molecular weight excluding hydrogens is 374 g/mol. The number of benzene rings is 2. The first-order valence-electron chi connectivity index (χ1n) is 8.14. The monoisotopic (exact) mass is 391 g/mol. The Balaban J connectivity index is 1.55. The fraction of sp³-hybridized carbons (Fsp3) is 0.235. The Labute approximate surface area is 152 Å². The molecule has 2 aromatic rings. The lowest BCUT2D eigenvalue weighted by Gasteiger charge is -2.35. The van der Waals surface area contributed by atoms with E-state index in [1.165, 1.54) is 10.4 Å². The molecule has 2 heterocycles. The van der Waals surface area contributed by atoms with Gasteiger partial charge >= 0.3 is 0 Å². The summed E-state index contributed by atoms with van der Waals surface area (Å²) in [6.45, 7) is 1.32. The summed E-state index contributed by atoms with van der Waals surface area (Å²) in [6.07, 6.45) is 0. The van der Waals surface area contributed by atoms with Gasteiger partial charge < -0.3 is 4.90 Å². The summed E-state index contributed by atoms with van der Waals surface area (Å²) < 4.78 is 55.1. The molecule has 2 aliphatic rings. The van der Waals surface area contributed by atoms with E-state index in [1.54, 1.807) is 48.5 Å². The first-order chi connectivity index (χ1) is 12.4. The molecule has 0 aliphatic carbocycles. The topological polar surface area (TPSA) is 87.1 Å². The van der Waals surface area contributed by atoms with Gasteiger partial charge in [-0.3, -0.25) is 0 Å². The molecule has 0 saturated carbocycles. The SMILES string of the molecule is O=S1(=O)N=C(N2CCN(S(=O)(=O)c3ccccc3)CC2)c2ccccc21. The highest BCUT2D eigenvalue weighted by molar-refractivity contribution is 7.90. The molecule has 4 rings (SSSR count). The molecule has 0 aromatic heterocycles. The van der Waals surface area contributed by atoms with E-state index in [-0.39, 0.29) is 22.9 Å². The van der Waals surface area contributed by atoms with E-state index >= 15 is 0 Å². The first-order valence-corrected chi connectivity index (χ1v) is 11.0. The molecule has 2 aliphatic heterocycles. The third kappa shape index (κ3) is 2.81. The third-order valence-corrected chi connectivity index (χ3v) is 7.77. The van der Waals surface area contributed by atoms with Gasteiger partial charge in [-0.05, 0) is 24.3 Å². The van der Waals surface area contributed by atoms with Crippen molar-refractivity contribution in [3.8, 4) is 0 Å². The van der Waals surface area contributed by atoms with Crippen LogP contribution in [0.1, 0.15) is 5.56 Å². The Morgan fingerprint density at radius 1 is 0.846 bits per heavy atom. The number of hydrogen-bond donors (Lipinski definition) is 0. The Bertz CT molecular complexity index is 1070. The largest absolute Gasteiger partial charge is 0.353 e. The van der Waals surface area contributed by atoms with Gasteiger partial charge in [0.25, 0.3) is 10.0 Å². The Morgan fingerprint density at radius 2 is 1.46 bits per heavy atom. The summed E-state index contributed by atoms with van der Waals surface area (Å²) in [6, 6.07) is 15.0. The molecule has 9 heteroatoms. The highest BCUT2D eigenvalue weighted by atomic mass is 32.2. The molecule has 7 nitrogen and oxygen atoms in total. The van der Waals surface area contributed by atoms with Gasteiger partial charge in [0.1, 0.15) is 4.90 Å². The van der Waals surface area contributed by atoms with Crippen LogP contribution in [-0.4, -0.2) is 58.1 Å². The molecule has 0 amide bonds. The Hall–Kier alpha value is -2.23. The van der Waals surface area contributed by atoms with E-state index in [4.69, 9.17) is 0 Å². The number of sulfonamides is 2. The fourth-order valence-corrected chi connectivity index (χ4v) is 5.87. The summed E-state index contributed by atoms with van der Waals surface area (Å²) in [5, 5.41) is 0. The number of nitrogens with zero attached hydrogens (tertiary/aromatic N) is 3. The van der Waals surface area contributed by atoms with Gasteiger partial charge in [0.15, 0.2) is 5.84 Å². The molecule has 136 valence electrons. The minimum absolute atomic E-state index is 0.203. The second-order valence-electron chi connectivity index (χ2n) is 6.09. The Morgan fingerprint density at radius 3 is 2.15 bits per heavy atom. The third-order valence-electron chi connectivity index (χ3n) is 4.53. The van der Waals surface area contributed by atoms with E-state index in [2.05, 4.69) is 4.40 Å². The van der Waals surface area contributed by atoms with Crippen LogP contribution in [0.5, 0.6) is 0 Å². The number of amidine groups is 1. The molecule has 1 saturated heterocycles. The van der Waals surface area contributed by atoms with Crippen LogP contribution in [0.3, 0.4) is 0 Å². The molecule has 1 fully saturated rings. The number of fused-ring (bicyclic) bond motifs is 1. The fourth-order valence-electron chi connectivity index (χ4n) is 3.20. The molecule has 0 spiro atoms. The van der Waals surface area contributed by atoms with Crippen molar-refractivity contribution in [3.63, 3.8) is 0 Å². The van der Waals surface area contributed by atoms with Gasteiger partial charge in [0.05, 0.1) is 4.90 Å². The molecular formula is C17H17N3O4S2. The smallest absolute Gasteiger partial charge is 0.285 e. The molecule has 26 heavy (non-hydrogen) atoms. The maximum atomic E-state index is 12.7. The molecule has 0 bridgehead atoms. The molecule has 0 atom stereocenters. The minimum Gasteiger partial charge on any atom is -0.353 e. The molecule has 0 radical (unpaired) electrons. The van der Waals surface area contributed by atoms with Gasteiger partial charge in [-0.2, -0.15) is 12.7 Å². The van der Waals surface area contributed by atoms with E-state index in [1.807, 2.05) is 4.90 Å². The van der Waals surface area contributed by atoms with Crippen LogP contribution in [0.25, 0.3) is 0 Å². The van der Waals surface area contributed by atoms with Crippen LogP contribution in [-0.2, 0) is 20.0 Å². The second-order valence-corrected chi connectivity index (χ2v) is 9.60. The van der Waals surface area contributed by atoms with Crippen molar-refractivity contribution in [2.75, 3.05) is 26.2 Å². The van der Waals surface area contributed by atoms with Crippen molar-refractivity contribution >= 4 is 25.9 Å². The average molecular weight is 391 g/mol. The van der Waals surface area contributed by atoms with Crippen LogP contribution < -0.4 is 0 Å². The predicted molar refractivity (Wildman–Crippen MR) is 96.9 cm³/mol. The van der Waals surface area contributed by atoms with Gasteiger partial charge in [-0.1, -0.05) is 30.3 Å². The predicted octanol–water partition coefficient (Wildman–Crippen LogP) is 1.14. The second kappa shape index (κ2) is 6.19. The van der Waals surface area contributed by atoms with Crippen molar-refractivity contribution in [1.82, 2.24) is 9.21 Å². The summed E-state index contributed by atoms with van der Waals surface area (Å²) in [5.74, 6) is 0.400. The highest BCUT2D eigenvalue weighted by Crippen LogP contribution is 2.28. The van der Waals surface area contributed by atoms with Crippen molar-refractivity contribution in [3.05, 3.63) is 60.2 Å². The molecule has 2 aromatic carbocycles. The Kier molecular flexibility index (Phi) is 4.09. The van der Waals surface area contributed by atoms with E-state index in [9.17, 15) is 16.8 Å². The van der Waals surface area contributed by atoms with Gasteiger partial charge in [0, 0.05) is 31.7 Å². The summed E-state index contributed by atoms with van der Waals surface area (Å²) in [4.78, 5) is 2.30. The quantitative estimate of drug-likeness (QED) is 0.766. The summed E-state index contributed by atoms with van der Waals surface area (Å²) in [5.41, 5.74) is 0.576. The van der Waals surface area contributed by atoms with Crippen LogP contribution in [0.2, 0.25) is 0 Å². The van der Waals surface area contributed by atoms with Crippen LogP contribution in [0.4, 0.5) is 0 Å².